The maximum atomic E-state index is 11.6. The Labute approximate surface area is 130 Å². The molecule has 1 aromatic carbocycles. The van der Waals surface area contributed by atoms with Crippen molar-refractivity contribution in [3.8, 4) is 11.5 Å². The van der Waals surface area contributed by atoms with Crippen LogP contribution in [0.15, 0.2) is 27.4 Å². The van der Waals surface area contributed by atoms with Crippen LogP contribution in [0.4, 0.5) is 0 Å². The third-order valence-electron chi connectivity index (χ3n) is 3.98. The van der Waals surface area contributed by atoms with Crippen molar-refractivity contribution in [2.75, 3.05) is 0 Å². The molecular formula is C18H24O4. The van der Waals surface area contributed by atoms with Gasteiger partial charge in [0.15, 0.2) is 11.5 Å². The summed E-state index contributed by atoms with van der Waals surface area (Å²) in [6.45, 7) is 2.21. The monoisotopic (exact) mass is 304 g/mol. The number of benzene rings is 1. The molecule has 0 bridgehead atoms. The van der Waals surface area contributed by atoms with E-state index in [9.17, 15) is 15.0 Å². The minimum atomic E-state index is -0.421. The van der Waals surface area contributed by atoms with Gasteiger partial charge in [-0.05, 0) is 24.5 Å². The van der Waals surface area contributed by atoms with Crippen molar-refractivity contribution in [1.29, 1.82) is 0 Å². The fraction of sp³-hybridized carbons (Fsp3) is 0.500. The summed E-state index contributed by atoms with van der Waals surface area (Å²) in [7, 11) is 0. The quantitative estimate of drug-likeness (QED) is 0.428. The van der Waals surface area contributed by atoms with E-state index in [1.54, 1.807) is 0 Å². The minimum absolute atomic E-state index is 0.192. The van der Waals surface area contributed by atoms with Crippen molar-refractivity contribution in [3.05, 3.63) is 34.2 Å². The zero-order chi connectivity index (χ0) is 15.9. The molecule has 0 fully saturated rings. The van der Waals surface area contributed by atoms with E-state index in [0.29, 0.717) is 11.0 Å². The number of rotatable bonds is 8. The van der Waals surface area contributed by atoms with Gasteiger partial charge in [0.05, 0.1) is 0 Å². The van der Waals surface area contributed by atoms with Crippen LogP contribution in [0.3, 0.4) is 0 Å². The second-order valence-electron chi connectivity index (χ2n) is 5.80. The van der Waals surface area contributed by atoms with Crippen molar-refractivity contribution < 1.29 is 14.6 Å². The van der Waals surface area contributed by atoms with Crippen molar-refractivity contribution >= 4 is 11.0 Å². The van der Waals surface area contributed by atoms with Crippen LogP contribution in [0.1, 0.15) is 57.4 Å². The van der Waals surface area contributed by atoms with Crippen molar-refractivity contribution in [3.63, 3.8) is 0 Å². The fourth-order valence-corrected chi connectivity index (χ4v) is 2.73. The van der Waals surface area contributed by atoms with Crippen LogP contribution < -0.4 is 5.63 Å². The Balaban J connectivity index is 2.01. The normalized spacial score (nSPS) is 11.1. The maximum absolute atomic E-state index is 11.6. The van der Waals surface area contributed by atoms with Gasteiger partial charge in [0, 0.05) is 17.5 Å². The van der Waals surface area contributed by atoms with E-state index in [4.69, 9.17) is 4.42 Å². The first kappa shape index (κ1) is 16.4. The van der Waals surface area contributed by atoms with Gasteiger partial charge in [0.25, 0.3) is 0 Å². The molecule has 0 amide bonds. The average Bonchev–Trinajstić information content (AvgIpc) is 2.48. The summed E-state index contributed by atoms with van der Waals surface area (Å²) >= 11 is 0. The number of aryl methyl sites for hydroxylation is 1. The Bertz CT molecular complexity index is 673. The molecule has 0 atom stereocenters. The largest absolute Gasteiger partial charge is 0.504 e. The summed E-state index contributed by atoms with van der Waals surface area (Å²) in [4.78, 5) is 11.6. The molecule has 0 radical (unpaired) electrons. The maximum Gasteiger partial charge on any atom is 0.336 e. The summed E-state index contributed by atoms with van der Waals surface area (Å²) in [5.74, 6) is -0.467. The first-order valence-electron chi connectivity index (χ1n) is 8.10. The van der Waals surface area contributed by atoms with Crippen LogP contribution in [0, 0.1) is 0 Å². The standard InChI is InChI=1S/C18H24O4/c1-2-3-4-5-6-7-8-9-13-10-18(21)22-17-12-16(20)15(19)11-14(13)17/h10-12,19-20H,2-9H2,1H3. The number of phenols is 2. The zero-order valence-electron chi connectivity index (χ0n) is 13.1. The number of hydrogen-bond donors (Lipinski definition) is 2. The zero-order valence-corrected chi connectivity index (χ0v) is 13.1. The molecule has 2 aromatic rings. The molecule has 120 valence electrons. The van der Waals surface area contributed by atoms with E-state index in [1.165, 1.54) is 50.3 Å². The molecule has 2 rings (SSSR count). The van der Waals surface area contributed by atoms with Crippen molar-refractivity contribution in [2.45, 2.75) is 58.3 Å². The Morgan fingerprint density at radius 2 is 1.55 bits per heavy atom. The Kier molecular flexibility index (Phi) is 5.87. The van der Waals surface area contributed by atoms with Crippen LogP contribution >= 0.6 is 0 Å². The molecule has 0 saturated heterocycles. The molecule has 0 aliphatic carbocycles. The topological polar surface area (TPSA) is 70.7 Å². The van der Waals surface area contributed by atoms with Gasteiger partial charge in [-0.1, -0.05) is 45.4 Å². The number of phenolic OH excluding ortho intramolecular Hbond substituents is 2. The van der Waals surface area contributed by atoms with Gasteiger partial charge in [0.2, 0.25) is 0 Å². The second kappa shape index (κ2) is 7.87. The Morgan fingerprint density at radius 3 is 2.27 bits per heavy atom. The lowest BCUT2D eigenvalue weighted by molar-refractivity contribution is 0.403. The summed E-state index contributed by atoms with van der Waals surface area (Å²) in [6, 6.07) is 4.24. The van der Waals surface area contributed by atoms with Crippen LogP contribution in [0.5, 0.6) is 11.5 Å². The van der Waals surface area contributed by atoms with Gasteiger partial charge in [-0.2, -0.15) is 0 Å². The number of hydrogen-bond acceptors (Lipinski definition) is 4. The smallest absolute Gasteiger partial charge is 0.336 e. The highest BCUT2D eigenvalue weighted by Crippen LogP contribution is 2.31. The van der Waals surface area contributed by atoms with Gasteiger partial charge in [-0.15, -0.1) is 0 Å². The Hall–Kier alpha value is -1.97. The summed E-state index contributed by atoms with van der Waals surface area (Å²) in [6.07, 6.45) is 9.24. The SMILES string of the molecule is CCCCCCCCCc1cc(=O)oc2cc(O)c(O)cc12. The molecule has 4 nitrogen and oxygen atoms in total. The van der Waals surface area contributed by atoms with E-state index in [-0.39, 0.29) is 11.5 Å². The summed E-state index contributed by atoms with van der Waals surface area (Å²) < 4.78 is 5.08. The van der Waals surface area contributed by atoms with Gasteiger partial charge < -0.3 is 14.6 Å². The third kappa shape index (κ3) is 4.26. The van der Waals surface area contributed by atoms with E-state index in [2.05, 4.69) is 6.92 Å². The molecule has 1 heterocycles. The molecule has 2 N–H and O–H groups in total. The average molecular weight is 304 g/mol. The van der Waals surface area contributed by atoms with Gasteiger partial charge >= 0.3 is 5.63 Å². The summed E-state index contributed by atoms with van der Waals surface area (Å²) in [5.41, 5.74) is 0.770. The van der Waals surface area contributed by atoms with Crippen molar-refractivity contribution in [2.24, 2.45) is 0 Å². The van der Waals surface area contributed by atoms with Crippen LogP contribution in [-0.4, -0.2) is 10.2 Å². The molecule has 0 spiro atoms. The Morgan fingerprint density at radius 1 is 0.909 bits per heavy atom. The fourth-order valence-electron chi connectivity index (χ4n) is 2.73. The third-order valence-corrected chi connectivity index (χ3v) is 3.98. The van der Waals surface area contributed by atoms with Gasteiger partial charge in [-0.3, -0.25) is 0 Å². The first-order valence-corrected chi connectivity index (χ1v) is 8.10. The molecule has 0 aliphatic rings. The van der Waals surface area contributed by atoms with E-state index >= 15 is 0 Å². The molecule has 22 heavy (non-hydrogen) atoms. The van der Waals surface area contributed by atoms with E-state index in [1.807, 2.05) is 0 Å². The number of aromatic hydroxyl groups is 2. The number of unbranched alkanes of at least 4 members (excludes halogenated alkanes) is 6. The minimum Gasteiger partial charge on any atom is -0.504 e. The first-order chi connectivity index (χ1) is 10.6. The highest BCUT2D eigenvalue weighted by Gasteiger charge is 2.10. The lowest BCUT2D eigenvalue weighted by Gasteiger charge is -2.07. The van der Waals surface area contributed by atoms with Crippen molar-refractivity contribution in [1.82, 2.24) is 0 Å². The van der Waals surface area contributed by atoms with Crippen LogP contribution in [-0.2, 0) is 6.42 Å². The van der Waals surface area contributed by atoms with Crippen LogP contribution in [0.25, 0.3) is 11.0 Å². The molecule has 0 saturated carbocycles. The van der Waals surface area contributed by atoms with Gasteiger partial charge in [0.1, 0.15) is 5.58 Å². The van der Waals surface area contributed by atoms with E-state index < -0.39 is 5.63 Å². The highest BCUT2D eigenvalue weighted by atomic mass is 16.4. The molecule has 4 heteroatoms. The second-order valence-corrected chi connectivity index (χ2v) is 5.80. The summed E-state index contributed by atoms with van der Waals surface area (Å²) in [5, 5.41) is 19.8. The predicted molar refractivity (Wildman–Crippen MR) is 87.5 cm³/mol. The lowest BCUT2D eigenvalue weighted by Crippen LogP contribution is -2.01. The lowest BCUT2D eigenvalue weighted by atomic mass is 10.0. The molecule has 1 aromatic heterocycles. The molecule has 0 aliphatic heterocycles. The number of fused-ring (bicyclic) bond motifs is 1. The highest BCUT2D eigenvalue weighted by molar-refractivity contribution is 5.83. The van der Waals surface area contributed by atoms with Gasteiger partial charge in [-0.25, -0.2) is 4.79 Å². The van der Waals surface area contributed by atoms with Crippen LogP contribution in [0.2, 0.25) is 0 Å². The van der Waals surface area contributed by atoms with E-state index in [0.717, 1.165) is 24.8 Å². The predicted octanol–water partition coefficient (Wildman–Crippen LogP) is 4.50. The molecule has 0 unspecified atom stereocenters. The molecular weight excluding hydrogens is 280 g/mol.